The number of nitrogens with one attached hydrogen (secondary N) is 3. The number of aryl methyl sites for hydroxylation is 1. The van der Waals surface area contributed by atoms with Gasteiger partial charge in [0.1, 0.15) is 35.2 Å². The molecule has 1 saturated heterocycles. The quantitative estimate of drug-likeness (QED) is 0.316. The molecule has 3 heterocycles. The Morgan fingerprint density at radius 2 is 1.83 bits per heavy atom. The number of rotatable bonds is 9. The molecule has 0 unspecified atom stereocenters. The monoisotopic (exact) mass is 766 g/mol. The van der Waals surface area contributed by atoms with Crippen molar-refractivity contribution in [3.63, 3.8) is 0 Å². The molecule has 54 heavy (non-hydrogen) atoms. The minimum absolute atomic E-state index is 0.0191. The van der Waals surface area contributed by atoms with Crippen LogP contribution in [0.5, 0.6) is 11.6 Å². The van der Waals surface area contributed by atoms with Gasteiger partial charge < -0.3 is 29.7 Å². The van der Waals surface area contributed by atoms with Gasteiger partial charge in [-0.15, -0.1) is 0 Å². The van der Waals surface area contributed by atoms with Crippen molar-refractivity contribution in [2.45, 2.75) is 120 Å². The molecule has 0 bridgehead atoms. The fraction of sp³-hybridized carbons (Fsp3) is 0.632. The van der Waals surface area contributed by atoms with E-state index in [2.05, 4.69) is 25.3 Å². The molecule has 0 spiro atoms. The highest BCUT2D eigenvalue weighted by atomic mass is 32.2. The number of methoxy groups -OCH3 is 1. The van der Waals surface area contributed by atoms with Gasteiger partial charge in [0, 0.05) is 23.8 Å². The highest BCUT2D eigenvalue weighted by Gasteiger charge is 2.63. The van der Waals surface area contributed by atoms with Crippen molar-refractivity contribution in [3.05, 3.63) is 36.0 Å². The van der Waals surface area contributed by atoms with E-state index in [4.69, 9.17) is 14.2 Å². The third-order valence-corrected chi connectivity index (χ3v) is 13.9. The smallest absolute Gasteiger partial charge is 0.407 e. The number of sulfonamides is 1. The van der Waals surface area contributed by atoms with Crippen molar-refractivity contribution >= 4 is 44.9 Å². The maximum Gasteiger partial charge on any atom is 0.407 e. The number of carbonyl (C=O) groups is 4. The van der Waals surface area contributed by atoms with Crippen LogP contribution in [-0.2, 0) is 29.1 Å². The summed E-state index contributed by atoms with van der Waals surface area (Å²) in [7, 11) is -2.43. The Morgan fingerprint density at radius 1 is 1.06 bits per heavy atom. The zero-order chi connectivity index (χ0) is 38.5. The molecule has 4 amide bonds. The van der Waals surface area contributed by atoms with Crippen molar-refractivity contribution in [1.29, 1.82) is 0 Å². The van der Waals surface area contributed by atoms with Crippen LogP contribution < -0.4 is 24.8 Å². The van der Waals surface area contributed by atoms with Crippen LogP contribution in [0, 0.1) is 18.3 Å². The Balaban J connectivity index is 1.17. The maximum atomic E-state index is 14.5. The van der Waals surface area contributed by atoms with E-state index in [1.807, 2.05) is 19.1 Å². The Morgan fingerprint density at radius 3 is 2.56 bits per heavy atom. The summed E-state index contributed by atoms with van der Waals surface area (Å²) in [5, 5.41) is 5.66. The number of nitrogens with zero attached hydrogens (tertiary/aromatic N) is 3. The summed E-state index contributed by atoms with van der Waals surface area (Å²) in [5.74, 6) is -1.52. The van der Waals surface area contributed by atoms with Gasteiger partial charge in [0.25, 0.3) is 5.91 Å². The molecule has 16 heteroatoms. The predicted octanol–water partition coefficient (Wildman–Crippen LogP) is 3.58. The number of alkyl carbamates (subject to hydrolysis) is 1. The van der Waals surface area contributed by atoms with E-state index in [-0.39, 0.29) is 37.3 Å². The Labute approximate surface area is 315 Å². The second-order valence-electron chi connectivity index (χ2n) is 16.3. The SMILES string of the molecule is COc1ccc2nc(C)c(O[C@@H]3C[C@H]4C(=O)N[C@]5(C(=O)NS(=O)(=O)C6(C)CC6)C[C@H]5/C=C\CCCCC[C@H](NC(=O)OCC5(C)CC5)C(=O)N4C3)nc2c1. The molecule has 2 aliphatic heterocycles. The lowest BCUT2D eigenvalue weighted by Crippen LogP contribution is -2.58. The van der Waals surface area contributed by atoms with E-state index < -0.39 is 68.2 Å². The summed E-state index contributed by atoms with van der Waals surface area (Å²) in [6.45, 7) is 5.61. The van der Waals surface area contributed by atoms with Gasteiger partial charge in [0.15, 0.2) is 0 Å². The molecule has 5 aliphatic rings. The number of aromatic nitrogens is 2. The molecule has 7 rings (SSSR count). The van der Waals surface area contributed by atoms with Gasteiger partial charge in [-0.05, 0) is 77.3 Å². The van der Waals surface area contributed by atoms with Crippen LogP contribution in [0.25, 0.3) is 11.0 Å². The van der Waals surface area contributed by atoms with Gasteiger partial charge in [0.05, 0.1) is 36.0 Å². The fourth-order valence-corrected chi connectivity index (χ4v) is 8.54. The third-order valence-electron chi connectivity index (χ3n) is 11.7. The number of hydrogen-bond acceptors (Lipinski definition) is 11. The third kappa shape index (κ3) is 7.85. The van der Waals surface area contributed by atoms with Crippen LogP contribution in [0.15, 0.2) is 30.4 Å². The largest absolute Gasteiger partial charge is 0.497 e. The van der Waals surface area contributed by atoms with Gasteiger partial charge in [-0.2, -0.15) is 0 Å². The first kappa shape index (κ1) is 37.8. The predicted molar refractivity (Wildman–Crippen MR) is 197 cm³/mol. The summed E-state index contributed by atoms with van der Waals surface area (Å²) < 4.78 is 44.7. The van der Waals surface area contributed by atoms with E-state index in [1.54, 1.807) is 39.2 Å². The normalized spacial score (nSPS) is 29.3. The molecule has 292 valence electrons. The topological polar surface area (TPSA) is 195 Å². The summed E-state index contributed by atoms with van der Waals surface area (Å²) in [6.07, 6.45) is 8.68. The van der Waals surface area contributed by atoms with E-state index in [0.717, 1.165) is 25.7 Å². The summed E-state index contributed by atoms with van der Waals surface area (Å²) in [6, 6.07) is 3.21. The molecule has 3 N–H and O–H groups in total. The van der Waals surface area contributed by atoms with Crippen molar-refractivity contribution < 1.29 is 41.8 Å². The minimum atomic E-state index is -3.99. The van der Waals surface area contributed by atoms with Gasteiger partial charge in [-0.1, -0.05) is 31.9 Å². The molecule has 1 aromatic carbocycles. The minimum Gasteiger partial charge on any atom is -0.497 e. The second kappa shape index (κ2) is 14.3. The zero-order valence-corrected chi connectivity index (χ0v) is 32.1. The molecule has 0 radical (unpaired) electrons. The highest BCUT2D eigenvalue weighted by molar-refractivity contribution is 7.91. The lowest BCUT2D eigenvalue weighted by atomic mass is 10.0. The summed E-state index contributed by atoms with van der Waals surface area (Å²) in [5.41, 5.74) is 0.121. The first-order chi connectivity index (χ1) is 25.6. The molecule has 1 aromatic heterocycles. The average Bonchev–Trinajstić information content (AvgIpc) is 4.09. The van der Waals surface area contributed by atoms with Crippen LogP contribution >= 0.6 is 0 Å². The zero-order valence-electron chi connectivity index (χ0n) is 31.3. The maximum absolute atomic E-state index is 14.5. The van der Waals surface area contributed by atoms with Gasteiger partial charge in [0.2, 0.25) is 27.7 Å². The van der Waals surface area contributed by atoms with E-state index in [9.17, 15) is 27.6 Å². The molecular weight excluding hydrogens is 717 g/mol. The van der Waals surface area contributed by atoms with Gasteiger partial charge in [-0.25, -0.2) is 23.2 Å². The van der Waals surface area contributed by atoms with E-state index in [0.29, 0.717) is 54.6 Å². The van der Waals surface area contributed by atoms with Crippen LogP contribution in [0.1, 0.15) is 90.2 Å². The van der Waals surface area contributed by atoms with Crippen LogP contribution in [-0.4, -0.2) is 95.8 Å². The van der Waals surface area contributed by atoms with E-state index in [1.165, 1.54) is 4.90 Å². The second-order valence-corrected chi connectivity index (χ2v) is 18.5. The summed E-state index contributed by atoms with van der Waals surface area (Å²) >= 11 is 0. The van der Waals surface area contributed by atoms with E-state index >= 15 is 0 Å². The first-order valence-corrected chi connectivity index (χ1v) is 20.4. The molecule has 3 saturated carbocycles. The highest BCUT2D eigenvalue weighted by Crippen LogP contribution is 2.48. The van der Waals surface area contributed by atoms with Gasteiger partial charge >= 0.3 is 6.09 Å². The Bertz CT molecular complexity index is 1980. The lowest BCUT2D eigenvalue weighted by Gasteiger charge is -2.30. The first-order valence-electron chi connectivity index (χ1n) is 18.9. The Hall–Kier alpha value is -4.47. The number of ether oxygens (including phenoxy) is 3. The summed E-state index contributed by atoms with van der Waals surface area (Å²) in [4.78, 5) is 66.4. The van der Waals surface area contributed by atoms with Crippen LogP contribution in [0.4, 0.5) is 4.79 Å². The van der Waals surface area contributed by atoms with Crippen molar-refractivity contribution in [2.75, 3.05) is 20.3 Å². The molecular formula is C38H50N6O9S. The number of hydrogen-bond donors (Lipinski definition) is 3. The molecule has 15 nitrogen and oxygen atoms in total. The molecule has 4 fully saturated rings. The molecule has 3 aliphatic carbocycles. The number of amides is 4. The molecule has 5 atom stereocenters. The van der Waals surface area contributed by atoms with Crippen molar-refractivity contribution in [1.82, 2.24) is 30.2 Å². The lowest BCUT2D eigenvalue weighted by molar-refractivity contribution is -0.141. The van der Waals surface area contributed by atoms with Crippen LogP contribution in [0.3, 0.4) is 0 Å². The average molecular weight is 767 g/mol. The number of fused-ring (bicyclic) bond motifs is 3. The van der Waals surface area contributed by atoms with Gasteiger partial charge in [-0.3, -0.25) is 19.1 Å². The fourth-order valence-electron chi connectivity index (χ4n) is 7.23. The molecule has 2 aromatic rings. The number of benzene rings is 1. The van der Waals surface area contributed by atoms with Crippen molar-refractivity contribution in [3.8, 4) is 11.6 Å². The Kier molecular flexibility index (Phi) is 10.0. The van der Waals surface area contributed by atoms with Crippen molar-refractivity contribution in [2.24, 2.45) is 11.3 Å². The number of allylic oxidation sites excluding steroid dienone is 1. The standard InChI is InChI=1S/C38H50N6O9S/c1-23-32(40-29-18-25(51-4)12-13-27(29)39-23)53-26-19-30-31(45)42-38(34(47)43-54(49,50)37(3)16-17-37)20-24(38)10-8-6-5-7-9-11-28(33(46)44(30)21-26)41-35(48)52-22-36(2)14-15-36/h8,10,12-13,18,24,26,28,30H,5-7,9,11,14-17,19-22H2,1-4H3,(H,41,48)(H,42,45)(H,43,47)/b10-8-/t24-,26-,28+,30+,38-/m1/s1. The number of carbonyl (C=O) groups excluding carboxylic acids is 4. The van der Waals surface area contributed by atoms with Crippen LogP contribution in [0.2, 0.25) is 0 Å².